The van der Waals surface area contributed by atoms with Crippen LogP contribution in [0.2, 0.25) is 0 Å². The van der Waals surface area contributed by atoms with E-state index in [0.29, 0.717) is 37.0 Å². The highest BCUT2D eigenvalue weighted by Gasteiger charge is 2.20. The third-order valence-electron chi connectivity index (χ3n) is 6.32. The van der Waals surface area contributed by atoms with Crippen LogP contribution in [0.4, 0.5) is 23.1 Å². The smallest absolute Gasteiger partial charge is 0.248 e. The molecule has 0 bridgehead atoms. The zero-order valence-corrected chi connectivity index (χ0v) is 22.5. The number of carbonyl (C=O) groups excluding carboxylic acids is 1. The molecule has 1 fully saturated rings. The molecule has 0 saturated carbocycles. The quantitative estimate of drug-likeness (QED) is 0.273. The van der Waals surface area contributed by atoms with Gasteiger partial charge in [-0.2, -0.15) is 0 Å². The maximum absolute atomic E-state index is 12.3. The summed E-state index contributed by atoms with van der Waals surface area (Å²) >= 11 is 0. The Hall–Kier alpha value is -4.45. The molecule has 1 aliphatic heterocycles. The number of morpholine rings is 1. The Labute approximate surface area is 232 Å². The third-order valence-corrected chi connectivity index (χ3v) is 6.32. The summed E-state index contributed by atoms with van der Waals surface area (Å²) in [5, 5.41) is 16.4. The van der Waals surface area contributed by atoms with Crippen LogP contribution >= 0.6 is 0 Å². The van der Waals surface area contributed by atoms with E-state index in [2.05, 4.69) is 30.5 Å². The van der Waals surface area contributed by atoms with Crippen LogP contribution in [0.15, 0.2) is 73.2 Å². The van der Waals surface area contributed by atoms with Crippen LogP contribution in [0, 0.1) is 0 Å². The molecule has 11 heteroatoms. The second-order valence-corrected chi connectivity index (χ2v) is 9.67. The van der Waals surface area contributed by atoms with E-state index in [1.807, 2.05) is 61.5 Å². The summed E-state index contributed by atoms with van der Waals surface area (Å²) < 4.78 is 5.53. The Bertz CT molecular complexity index is 1490. The van der Waals surface area contributed by atoms with Gasteiger partial charge in [0.05, 0.1) is 42.4 Å². The lowest BCUT2D eigenvalue weighted by molar-refractivity contribution is -0.111. The number of ether oxygens (including phenoxy) is 1. The van der Waals surface area contributed by atoms with Crippen LogP contribution in [0.5, 0.6) is 0 Å². The molecule has 206 valence electrons. The first kappa shape index (κ1) is 27.1. The minimum atomic E-state index is -0.204. The van der Waals surface area contributed by atoms with E-state index in [1.54, 1.807) is 24.7 Å². The number of fused-ring (bicyclic) bond motifs is 1. The lowest BCUT2D eigenvalue weighted by Crippen LogP contribution is -2.44. The number of nitrogens with zero attached hydrogens (tertiary/aromatic N) is 6. The third kappa shape index (κ3) is 6.75. The van der Waals surface area contributed by atoms with Gasteiger partial charge in [-0.25, -0.2) is 15.0 Å². The van der Waals surface area contributed by atoms with Crippen molar-refractivity contribution < 1.29 is 14.6 Å². The lowest BCUT2D eigenvalue weighted by Gasteiger charge is -2.32. The van der Waals surface area contributed by atoms with Crippen LogP contribution in [-0.2, 0) is 9.53 Å². The number of anilines is 4. The monoisotopic (exact) mass is 540 g/mol. The average Bonchev–Trinajstić information content (AvgIpc) is 2.97. The van der Waals surface area contributed by atoms with Crippen molar-refractivity contribution in [2.24, 2.45) is 0 Å². The van der Waals surface area contributed by atoms with E-state index < -0.39 is 0 Å². The van der Waals surface area contributed by atoms with Gasteiger partial charge in [-0.05, 0) is 38.4 Å². The molecule has 0 radical (unpaired) electrons. The maximum Gasteiger partial charge on any atom is 0.248 e. The van der Waals surface area contributed by atoms with Crippen molar-refractivity contribution in [2.75, 3.05) is 62.5 Å². The van der Waals surface area contributed by atoms with E-state index in [0.717, 1.165) is 34.5 Å². The summed E-state index contributed by atoms with van der Waals surface area (Å²) in [5.74, 6) is 1.05. The van der Waals surface area contributed by atoms with Crippen molar-refractivity contribution in [3.05, 3.63) is 73.2 Å². The first-order valence-corrected chi connectivity index (χ1v) is 13.0. The Kier molecular flexibility index (Phi) is 8.55. The van der Waals surface area contributed by atoms with Crippen LogP contribution in [-0.4, -0.2) is 88.9 Å². The molecular formula is C29H32N8O3. The molecule has 3 N–H and O–H groups in total. The predicted molar refractivity (Wildman–Crippen MR) is 156 cm³/mol. The summed E-state index contributed by atoms with van der Waals surface area (Å²) in [4.78, 5) is 34.8. The van der Waals surface area contributed by atoms with Gasteiger partial charge in [0.15, 0.2) is 0 Å². The SMILES string of the molecule is CN(C)CC=CC(=O)Nc1ccnc(-c2cccc3cnc(Nc4ccc(N5CCOC(CO)C5)nc4)nc23)c1. The van der Waals surface area contributed by atoms with E-state index in [1.165, 1.54) is 6.08 Å². The second-order valence-electron chi connectivity index (χ2n) is 9.67. The Morgan fingerprint density at radius 1 is 1.15 bits per heavy atom. The number of aromatic nitrogens is 4. The predicted octanol–water partition coefficient (Wildman–Crippen LogP) is 3.08. The van der Waals surface area contributed by atoms with Gasteiger partial charge in [-0.1, -0.05) is 24.3 Å². The molecule has 0 spiro atoms. The Morgan fingerprint density at radius 2 is 2.05 bits per heavy atom. The number of hydrogen-bond acceptors (Lipinski definition) is 10. The van der Waals surface area contributed by atoms with Gasteiger partial charge >= 0.3 is 0 Å². The number of benzene rings is 1. The van der Waals surface area contributed by atoms with Crippen LogP contribution < -0.4 is 15.5 Å². The first-order chi connectivity index (χ1) is 19.5. The number of para-hydroxylation sites is 1. The summed E-state index contributed by atoms with van der Waals surface area (Å²) in [5.41, 5.74) is 3.63. The first-order valence-electron chi connectivity index (χ1n) is 13.0. The number of hydrogen-bond donors (Lipinski definition) is 3. The fourth-order valence-electron chi connectivity index (χ4n) is 4.35. The molecule has 1 aliphatic rings. The molecular weight excluding hydrogens is 508 g/mol. The molecule has 4 heterocycles. The summed E-state index contributed by atoms with van der Waals surface area (Å²) in [6.07, 6.45) is 8.30. The van der Waals surface area contributed by atoms with Crippen molar-refractivity contribution >= 4 is 40.0 Å². The highest BCUT2D eigenvalue weighted by atomic mass is 16.5. The number of aliphatic hydroxyl groups excluding tert-OH is 1. The van der Waals surface area contributed by atoms with Gasteiger partial charge in [0.2, 0.25) is 11.9 Å². The maximum atomic E-state index is 12.3. The molecule has 11 nitrogen and oxygen atoms in total. The number of aliphatic hydroxyl groups is 1. The second kappa shape index (κ2) is 12.6. The average molecular weight is 541 g/mol. The van der Waals surface area contributed by atoms with E-state index in [9.17, 15) is 9.90 Å². The number of carbonyl (C=O) groups is 1. The fraction of sp³-hybridized carbons (Fsp3) is 0.276. The summed E-state index contributed by atoms with van der Waals surface area (Å²) in [6.45, 7) is 2.54. The highest BCUT2D eigenvalue weighted by molar-refractivity contribution is 6.00. The summed E-state index contributed by atoms with van der Waals surface area (Å²) in [6, 6.07) is 13.3. The zero-order chi connectivity index (χ0) is 27.9. The topological polar surface area (TPSA) is 129 Å². The van der Waals surface area contributed by atoms with Gasteiger partial charge in [-0.3, -0.25) is 9.78 Å². The van der Waals surface area contributed by atoms with Crippen molar-refractivity contribution in [3.63, 3.8) is 0 Å². The minimum absolute atomic E-state index is 0.0136. The van der Waals surface area contributed by atoms with Crippen molar-refractivity contribution in [1.82, 2.24) is 24.8 Å². The molecule has 4 aromatic rings. The molecule has 1 saturated heterocycles. The van der Waals surface area contributed by atoms with E-state index in [4.69, 9.17) is 9.72 Å². The number of nitrogens with one attached hydrogen (secondary N) is 2. The molecule has 1 amide bonds. The highest BCUT2D eigenvalue weighted by Crippen LogP contribution is 2.28. The molecule has 3 aromatic heterocycles. The van der Waals surface area contributed by atoms with Gasteiger partial charge in [0.1, 0.15) is 5.82 Å². The zero-order valence-electron chi connectivity index (χ0n) is 22.5. The molecule has 1 aromatic carbocycles. The standard InChI is InChI=1S/C29H32N8O3/c1-36(2)12-4-7-27(39)33-21-10-11-30-25(15-21)24-6-3-5-20-16-32-29(35-28(20)24)34-22-8-9-26(31-17-22)37-13-14-40-23(18-37)19-38/h3-11,15-17,23,38H,12-14,18-19H2,1-2H3,(H,30,33,39)(H,32,34,35). The normalized spacial score (nSPS) is 15.6. The fourth-order valence-corrected chi connectivity index (χ4v) is 4.35. The van der Waals surface area contributed by atoms with Crippen LogP contribution in [0.25, 0.3) is 22.2 Å². The van der Waals surface area contributed by atoms with Crippen molar-refractivity contribution in [1.29, 1.82) is 0 Å². The Balaban J connectivity index is 1.33. The van der Waals surface area contributed by atoms with Crippen molar-refractivity contribution in [2.45, 2.75) is 6.10 Å². The lowest BCUT2D eigenvalue weighted by atomic mass is 10.1. The van der Waals surface area contributed by atoms with E-state index >= 15 is 0 Å². The van der Waals surface area contributed by atoms with Gasteiger partial charge < -0.3 is 30.3 Å². The van der Waals surface area contributed by atoms with Crippen LogP contribution in [0.3, 0.4) is 0 Å². The van der Waals surface area contributed by atoms with Crippen molar-refractivity contribution in [3.8, 4) is 11.3 Å². The number of amides is 1. The number of likely N-dealkylation sites (N-methyl/N-ethyl adjacent to an activating group) is 1. The van der Waals surface area contributed by atoms with E-state index in [-0.39, 0.29) is 18.6 Å². The molecule has 1 unspecified atom stereocenters. The van der Waals surface area contributed by atoms with Crippen LogP contribution in [0.1, 0.15) is 0 Å². The molecule has 1 atom stereocenters. The molecule has 5 rings (SSSR count). The van der Waals surface area contributed by atoms with Gasteiger partial charge in [-0.15, -0.1) is 0 Å². The molecule has 40 heavy (non-hydrogen) atoms. The Morgan fingerprint density at radius 3 is 2.85 bits per heavy atom. The van der Waals surface area contributed by atoms with Gasteiger partial charge in [0.25, 0.3) is 0 Å². The van der Waals surface area contributed by atoms with Gasteiger partial charge in [0, 0.05) is 54.7 Å². The summed E-state index contributed by atoms with van der Waals surface area (Å²) in [7, 11) is 3.89. The molecule has 0 aliphatic carbocycles. The largest absolute Gasteiger partial charge is 0.394 e. The number of rotatable bonds is 9. The minimum Gasteiger partial charge on any atom is -0.394 e. The number of pyridine rings is 2.